The summed E-state index contributed by atoms with van der Waals surface area (Å²) in [5.41, 5.74) is 6.87. The number of nitrogens with two attached hydrogens (primary N) is 1. The summed E-state index contributed by atoms with van der Waals surface area (Å²) < 4.78 is 5.11. The maximum atomic E-state index is 12.2. The van der Waals surface area contributed by atoms with Crippen LogP contribution in [0.5, 0.6) is 5.75 Å². The van der Waals surface area contributed by atoms with Crippen LogP contribution in [0.2, 0.25) is 0 Å². The van der Waals surface area contributed by atoms with Gasteiger partial charge in [-0.05, 0) is 49.9 Å². The van der Waals surface area contributed by atoms with Crippen LogP contribution in [0.25, 0.3) is 0 Å². The van der Waals surface area contributed by atoms with Gasteiger partial charge in [0.1, 0.15) is 5.75 Å². The summed E-state index contributed by atoms with van der Waals surface area (Å²) in [5, 5.41) is 2.95. The lowest BCUT2D eigenvalue weighted by molar-refractivity contribution is -0.118. The lowest BCUT2D eigenvalue weighted by Crippen LogP contribution is -2.49. The highest BCUT2D eigenvalue weighted by Gasteiger charge is 2.40. The molecule has 3 N–H and O–H groups in total. The van der Waals surface area contributed by atoms with Gasteiger partial charge in [0.2, 0.25) is 5.91 Å². The van der Waals surface area contributed by atoms with Crippen LogP contribution in [0.15, 0.2) is 24.3 Å². The van der Waals surface area contributed by atoms with E-state index in [1.54, 1.807) is 7.11 Å². The van der Waals surface area contributed by atoms with Crippen molar-refractivity contribution in [2.24, 2.45) is 5.73 Å². The average molecular weight is 289 g/mol. The van der Waals surface area contributed by atoms with Crippen molar-refractivity contribution in [2.75, 3.05) is 19.0 Å². The topological polar surface area (TPSA) is 67.6 Å². The second-order valence-electron chi connectivity index (χ2n) is 6.07. The SMILES string of the molecule is COc1ccc(NC(=O)CN2C3CCC2CC(N)C3)cc1. The summed E-state index contributed by atoms with van der Waals surface area (Å²) in [6, 6.07) is 8.69. The number of hydrogen-bond acceptors (Lipinski definition) is 4. The van der Waals surface area contributed by atoms with E-state index in [9.17, 15) is 4.79 Å². The van der Waals surface area contributed by atoms with Crippen molar-refractivity contribution in [3.05, 3.63) is 24.3 Å². The van der Waals surface area contributed by atoms with Gasteiger partial charge in [0.05, 0.1) is 13.7 Å². The standard InChI is InChI=1S/C16H23N3O2/c1-21-15-6-2-12(3-7-15)18-16(20)10-19-13-4-5-14(19)9-11(17)8-13/h2-3,6-7,11,13-14H,4-5,8-10,17H2,1H3,(H,18,20). The van der Waals surface area contributed by atoms with Crippen LogP contribution in [-0.4, -0.2) is 42.6 Å². The Morgan fingerprint density at radius 2 is 1.90 bits per heavy atom. The van der Waals surface area contributed by atoms with Gasteiger partial charge in [0.15, 0.2) is 0 Å². The summed E-state index contributed by atoms with van der Waals surface area (Å²) in [5.74, 6) is 0.837. The van der Waals surface area contributed by atoms with E-state index in [-0.39, 0.29) is 5.91 Å². The zero-order valence-corrected chi connectivity index (χ0v) is 12.4. The number of fused-ring (bicyclic) bond motifs is 2. The van der Waals surface area contributed by atoms with Gasteiger partial charge in [-0.2, -0.15) is 0 Å². The molecule has 114 valence electrons. The fourth-order valence-corrected chi connectivity index (χ4v) is 3.62. The summed E-state index contributed by atoms with van der Waals surface area (Å²) in [6.07, 6.45) is 4.39. The van der Waals surface area contributed by atoms with Crippen molar-refractivity contribution >= 4 is 11.6 Å². The lowest BCUT2D eigenvalue weighted by atomic mass is 9.98. The molecule has 21 heavy (non-hydrogen) atoms. The molecule has 5 heteroatoms. The van der Waals surface area contributed by atoms with Gasteiger partial charge in [-0.1, -0.05) is 0 Å². The molecular formula is C16H23N3O2. The van der Waals surface area contributed by atoms with Crippen molar-refractivity contribution in [1.82, 2.24) is 4.90 Å². The van der Waals surface area contributed by atoms with Gasteiger partial charge in [0, 0.05) is 23.8 Å². The van der Waals surface area contributed by atoms with E-state index >= 15 is 0 Å². The molecule has 0 saturated carbocycles. The zero-order chi connectivity index (χ0) is 14.8. The van der Waals surface area contributed by atoms with Gasteiger partial charge >= 0.3 is 0 Å². The monoisotopic (exact) mass is 289 g/mol. The van der Waals surface area contributed by atoms with Gasteiger partial charge in [-0.25, -0.2) is 0 Å². The molecule has 3 rings (SSSR count). The van der Waals surface area contributed by atoms with E-state index in [4.69, 9.17) is 10.5 Å². The van der Waals surface area contributed by atoms with E-state index in [1.165, 1.54) is 12.8 Å². The normalized spacial score (nSPS) is 28.4. The van der Waals surface area contributed by atoms with Gasteiger partial charge < -0.3 is 15.8 Å². The van der Waals surface area contributed by atoms with Crippen molar-refractivity contribution in [3.8, 4) is 5.75 Å². The third-order valence-electron chi connectivity index (χ3n) is 4.62. The minimum absolute atomic E-state index is 0.0486. The molecule has 2 heterocycles. The molecule has 0 aliphatic carbocycles. The molecule has 2 fully saturated rings. The highest BCUT2D eigenvalue weighted by atomic mass is 16.5. The molecule has 0 aromatic heterocycles. The third kappa shape index (κ3) is 3.19. The number of nitrogens with one attached hydrogen (secondary N) is 1. The Morgan fingerprint density at radius 1 is 1.29 bits per heavy atom. The quantitative estimate of drug-likeness (QED) is 0.883. The van der Waals surface area contributed by atoms with Gasteiger partial charge in [0.25, 0.3) is 0 Å². The van der Waals surface area contributed by atoms with Crippen LogP contribution in [-0.2, 0) is 4.79 Å². The Balaban J connectivity index is 1.56. The number of ether oxygens (including phenoxy) is 1. The largest absolute Gasteiger partial charge is 0.497 e. The van der Waals surface area contributed by atoms with Crippen molar-refractivity contribution in [2.45, 2.75) is 43.8 Å². The molecule has 2 aliphatic heterocycles. The first-order chi connectivity index (χ1) is 10.2. The second kappa shape index (κ2) is 6.03. The highest BCUT2D eigenvalue weighted by Crippen LogP contribution is 2.34. The number of anilines is 1. The molecule has 2 atom stereocenters. The molecule has 0 spiro atoms. The van der Waals surface area contributed by atoms with Crippen LogP contribution in [0.3, 0.4) is 0 Å². The number of rotatable bonds is 4. The minimum Gasteiger partial charge on any atom is -0.497 e. The Bertz CT molecular complexity index is 489. The number of methoxy groups -OCH3 is 1. The maximum Gasteiger partial charge on any atom is 0.238 e. The molecule has 2 aliphatic rings. The predicted molar refractivity (Wildman–Crippen MR) is 82.3 cm³/mol. The molecule has 2 saturated heterocycles. The molecular weight excluding hydrogens is 266 g/mol. The molecule has 1 aromatic carbocycles. The summed E-state index contributed by atoms with van der Waals surface area (Å²) >= 11 is 0. The minimum atomic E-state index is 0.0486. The smallest absolute Gasteiger partial charge is 0.238 e. The Labute approximate surface area is 125 Å². The molecule has 1 aromatic rings. The first-order valence-corrected chi connectivity index (χ1v) is 7.61. The molecule has 5 nitrogen and oxygen atoms in total. The van der Waals surface area contributed by atoms with Crippen LogP contribution >= 0.6 is 0 Å². The lowest BCUT2D eigenvalue weighted by Gasteiger charge is -2.37. The number of carbonyl (C=O) groups excluding carboxylic acids is 1. The van der Waals surface area contributed by atoms with Gasteiger partial charge in [-0.15, -0.1) is 0 Å². The highest BCUT2D eigenvalue weighted by molar-refractivity contribution is 5.92. The van der Waals surface area contributed by atoms with Crippen LogP contribution in [0, 0.1) is 0 Å². The van der Waals surface area contributed by atoms with Gasteiger partial charge in [-0.3, -0.25) is 9.69 Å². The van der Waals surface area contributed by atoms with E-state index in [2.05, 4.69) is 10.2 Å². The number of amides is 1. The second-order valence-corrected chi connectivity index (χ2v) is 6.07. The predicted octanol–water partition coefficient (Wildman–Crippen LogP) is 1.59. The molecule has 2 bridgehead atoms. The first-order valence-electron chi connectivity index (χ1n) is 7.61. The number of benzene rings is 1. The molecule has 0 radical (unpaired) electrons. The zero-order valence-electron chi connectivity index (χ0n) is 12.4. The maximum absolute atomic E-state index is 12.2. The van der Waals surface area contributed by atoms with Crippen molar-refractivity contribution in [3.63, 3.8) is 0 Å². The molecule has 1 amide bonds. The Morgan fingerprint density at radius 3 is 2.48 bits per heavy atom. The van der Waals surface area contributed by atoms with E-state index in [0.29, 0.717) is 24.7 Å². The third-order valence-corrected chi connectivity index (χ3v) is 4.62. The average Bonchev–Trinajstić information content (AvgIpc) is 2.71. The summed E-state index contributed by atoms with van der Waals surface area (Å²) in [4.78, 5) is 14.6. The summed E-state index contributed by atoms with van der Waals surface area (Å²) in [7, 11) is 1.63. The van der Waals surface area contributed by atoms with Crippen LogP contribution in [0.1, 0.15) is 25.7 Å². The number of piperidine rings is 1. The Kier molecular flexibility index (Phi) is 4.12. The number of nitrogens with zero attached hydrogens (tertiary/aromatic N) is 1. The molecule has 2 unspecified atom stereocenters. The number of hydrogen-bond donors (Lipinski definition) is 2. The first kappa shape index (κ1) is 14.4. The van der Waals surface area contributed by atoms with E-state index in [1.807, 2.05) is 24.3 Å². The number of carbonyl (C=O) groups is 1. The van der Waals surface area contributed by atoms with Crippen molar-refractivity contribution in [1.29, 1.82) is 0 Å². The van der Waals surface area contributed by atoms with Crippen LogP contribution in [0.4, 0.5) is 5.69 Å². The van der Waals surface area contributed by atoms with E-state index < -0.39 is 0 Å². The fraction of sp³-hybridized carbons (Fsp3) is 0.562. The summed E-state index contributed by atoms with van der Waals surface area (Å²) in [6.45, 7) is 0.466. The van der Waals surface area contributed by atoms with E-state index in [0.717, 1.165) is 24.3 Å². The van der Waals surface area contributed by atoms with Crippen LogP contribution < -0.4 is 15.8 Å². The van der Waals surface area contributed by atoms with Crippen molar-refractivity contribution < 1.29 is 9.53 Å². The Hall–Kier alpha value is -1.59. The fourth-order valence-electron chi connectivity index (χ4n) is 3.62.